The number of benzene rings is 1. The van der Waals surface area contributed by atoms with Crippen molar-refractivity contribution >= 4 is 17.4 Å². The number of amides is 2. The summed E-state index contributed by atoms with van der Waals surface area (Å²) in [5.41, 5.74) is 0.652. The number of nitrogens with one attached hydrogen (secondary N) is 1. The number of nitro benzene ring substituents is 1. The first-order chi connectivity index (χ1) is 12.6. The minimum atomic E-state index is -0.428. The van der Waals surface area contributed by atoms with Gasteiger partial charge >= 0.3 is 6.03 Å². The highest BCUT2D eigenvalue weighted by Crippen LogP contribution is 2.29. The van der Waals surface area contributed by atoms with Gasteiger partial charge in [0.1, 0.15) is 0 Å². The molecule has 1 N–H and O–H groups in total. The minimum Gasteiger partial charge on any atom is -0.321 e. The van der Waals surface area contributed by atoms with E-state index in [9.17, 15) is 14.9 Å². The molecule has 1 aromatic carbocycles. The number of nitrogens with zero attached hydrogens (tertiary/aromatic N) is 2. The lowest BCUT2D eigenvalue weighted by Crippen LogP contribution is -2.46. The molecule has 0 heterocycles. The minimum absolute atomic E-state index is 0.0364. The molecule has 0 radical (unpaired) electrons. The second-order valence-electron chi connectivity index (χ2n) is 7.68. The van der Waals surface area contributed by atoms with Crippen molar-refractivity contribution in [3.05, 3.63) is 34.4 Å². The number of hydrogen-bond acceptors (Lipinski definition) is 3. The molecule has 26 heavy (non-hydrogen) atoms. The summed E-state index contributed by atoms with van der Waals surface area (Å²) in [6.45, 7) is 0.837. The van der Waals surface area contributed by atoms with Crippen LogP contribution >= 0.6 is 0 Å². The first kappa shape index (κ1) is 18.7. The predicted molar refractivity (Wildman–Crippen MR) is 102 cm³/mol. The van der Waals surface area contributed by atoms with Crippen LogP contribution in [0.25, 0.3) is 0 Å². The number of rotatable bonds is 5. The van der Waals surface area contributed by atoms with E-state index >= 15 is 0 Å². The van der Waals surface area contributed by atoms with Crippen molar-refractivity contribution in [1.82, 2.24) is 4.90 Å². The van der Waals surface area contributed by atoms with Gasteiger partial charge in [-0.1, -0.05) is 38.5 Å². The van der Waals surface area contributed by atoms with Crippen LogP contribution in [0.4, 0.5) is 16.2 Å². The van der Waals surface area contributed by atoms with Gasteiger partial charge in [0.25, 0.3) is 5.69 Å². The van der Waals surface area contributed by atoms with Crippen LogP contribution < -0.4 is 5.32 Å². The highest BCUT2D eigenvalue weighted by molar-refractivity contribution is 5.89. The maximum absolute atomic E-state index is 13.0. The van der Waals surface area contributed by atoms with Gasteiger partial charge in [0.2, 0.25) is 0 Å². The van der Waals surface area contributed by atoms with Crippen molar-refractivity contribution in [2.24, 2.45) is 5.92 Å². The summed E-state index contributed by atoms with van der Waals surface area (Å²) >= 11 is 0. The number of hydrogen-bond donors (Lipinski definition) is 1. The maximum atomic E-state index is 13.0. The summed E-state index contributed by atoms with van der Waals surface area (Å²) < 4.78 is 0. The molecule has 142 valence electrons. The molecule has 0 aliphatic heterocycles. The molecule has 0 atom stereocenters. The van der Waals surface area contributed by atoms with Crippen molar-refractivity contribution in [2.75, 3.05) is 11.9 Å². The van der Waals surface area contributed by atoms with E-state index in [0.717, 1.165) is 19.4 Å². The zero-order chi connectivity index (χ0) is 18.4. The molecule has 0 spiro atoms. The first-order valence-corrected chi connectivity index (χ1v) is 9.95. The van der Waals surface area contributed by atoms with E-state index in [0.29, 0.717) is 17.6 Å². The van der Waals surface area contributed by atoms with E-state index in [1.54, 1.807) is 12.1 Å². The second kappa shape index (κ2) is 9.01. The molecule has 3 rings (SSSR count). The number of nitro groups is 1. The number of anilines is 1. The Hall–Kier alpha value is -2.11. The van der Waals surface area contributed by atoms with E-state index in [4.69, 9.17) is 0 Å². The molecular formula is C20H29N3O3. The van der Waals surface area contributed by atoms with Crippen molar-refractivity contribution in [3.63, 3.8) is 0 Å². The van der Waals surface area contributed by atoms with Gasteiger partial charge in [-0.2, -0.15) is 0 Å². The average Bonchev–Trinajstić information content (AvgIpc) is 2.68. The standard InChI is InChI=1S/C20H29N3O3/c24-20(21-17-11-13-19(14-12-17)23(25)26)22(18-9-5-2-6-10-18)15-16-7-3-1-4-8-16/h11-14,16,18H,1-10,15H2,(H,21,24). The van der Waals surface area contributed by atoms with Crippen LogP contribution in [-0.2, 0) is 0 Å². The fourth-order valence-electron chi connectivity index (χ4n) is 4.30. The Morgan fingerprint density at radius 1 is 1.00 bits per heavy atom. The molecule has 6 nitrogen and oxygen atoms in total. The summed E-state index contributed by atoms with van der Waals surface area (Å²) in [6.07, 6.45) is 12.1. The van der Waals surface area contributed by atoms with E-state index in [-0.39, 0.29) is 11.7 Å². The highest BCUT2D eigenvalue weighted by Gasteiger charge is 2.28. The van der Waals surface area contributed by atoms with Crippen LogP contribution in [-0.4, -0.2) is 28.4 Å². The Morgan fingerprint density at radius 3 is 2.15 bits per heavy atom. The molecule has 0 aromatic heterocycles. The molecular weight excluding hydrogens is 330 g/mol. The van der Waals surface area contributed by atoms with Gasteiger partial charge in [-0.25, -0.2) is 4.79 Å². The van der Waals surface area contributed by atoms with Crippen molar-refractivity contribution in [1.29, 1.82) is 0 Å². The Bertz CT molecular complexity index is 605. The van der Waals surface area contributed by atoms with Gasteiger partial charge in [0, 0.05) is 30.4 Å². The third-order valence-corrected chi connectivity index (χ3v) is 5.79. The van der Waals surface area contributed by atoms with Gasteiger partial charge < -0.3 is 10.2 Å². The molecule has 2 fully saturated rings. The quantitative estimate of drug-likeness (QED) is 0.569. The zero-order valence-electron chi connectivity index (χ0n) is 15.4. The van der Waals surface area contributed by atoms with E-state index in [2.05, 4.69) is 10.2 Å². The Kier molecular flexibility index (Phi) is 6.47. The van der Waals surface area contributed by atoms with E-state index in [1.807, 2.05) is 0 Å². The third kappa shape index (κ3) is 4.96. The van der Waals surface area contributed by atoms with Gasteiger partial charge in [-0.15, -0.1) is 0 Å². The summed E-state index contributed by atoms with van der Waals surface area (Å²) in [6, 6.07) is 6.34. The van der Waals surface area contributed by atoms with Crippen LogP contribution in [0.2, 0.25) is 0 Å². The van der Waals surface area contributed by atoms with E-state index in [1.165, 1.54) is 63.5 Å². The molecule has 2 saturated carbocycles. The molecule has 0 bridgehead atoms. The summed E-state index contributed by atoms with van der Waals surface area (Å²) in [5.74, 6) is 0.605. The molecule has 2 amide bonds. The summed E-state index contributed by atoms with van der Waals surface area (Å²) in [4.78, 5) is 25.4. The molecule has 0 unspecified atom stereocenters. The van der Waals surface area contributed by atoms with Crippen LogP contribution in [0.5, 0.6) is 0 Å². The molecule has 2 aliphatic carbocycles. The first-order valence-electron chi connectivity index (χ1n) is 9.95. The third-order valence-electron chi connectivity index (χ3n) is 5.79. The lowest BCUT2D eigenvalue weighted by molar-refractivity contribution is -0.384. The summed E-state index contributed by atoms with van der Waals surface area (Å²) in [7, 11) is 0. The average molecular weight is 359 g/mol. The van der Waals surface area contributed by atoms with Gasteiger partial charge in [-0.05, 0) is 43.7 Å². The van der Waals surface area contributed by atoms with Crippen LogP contribution in [0.3, 0.4) is 0 Å². The van der Waals surface area contributed by atoms with E-state index < -0.39 is 4.92 Å². The molecule has 1 aromatic rings. The number of non-ortho nitro benzene ring substituents is 1. The number of urea groups is 1. The molecule has 6 heteroatoms. The summed E-state index contributed by atoms with van der Waals surface area (Å²) in [5, 5.41) is 13.7. The normalized spacial score (nSPS) is 19.1. The smallest absolute Gasteiger partial charge is 0.321 e. The monoisotopic (exact) mass is 359 g/mol. The van der Waals surface area contributed by atoms with Crippen molar-refractivity contribution in [2.45, 2.75) is 70.3 Å². The lowest BCUT2D eigenvalue weighted by atomic mass is 9.87. The topological polar surface area (TPSA) is 75.5 Å². The number of carbonyl (C=O) groups excluding carboxylic acids is 1. The maximum Gasteiger partial charge on any atom is 0.322 e. The van der Waals surface area contributed by atoms with Crippen molar-refractivity contribution in [3.8, 4) is 0 Å². The predicted octanol–water partition coefficient (Wildman–Crippen LogP) is 5.34. The van der Waals surface area contributed by atoms with Gasteiger partial charge in [-0.3, -0.25) is 10.1 Å². The Morgan fingerprint density at radius 2 is 1.58 bits per heavy atom. The molecule has 2 aliphatic rings. The fourth-order valence-corrected chi connectivity index (χ4v) is 4.30. The zero-order valence-corrected chi connectivity index (χ0v) is 15.4. The van der Waals surface area contributed by atoms with Crippen LogP contribution in [0.15, 0.2) is 24.3 Å². The molecule has 0 saturated heterocycles. The second-order valence-corrected chi connectivity index (χ2v) is 7.68. The SMILES string of the molecule is O=C(Nc1ccc([N+](=O)[O-])cc1)N(CC1CCCCC1)C1CCCCC1. The van der Waals surface area contributed by atoms with Gasteiger partial charge in [0.05, 0.1) is 4.92 Å². The Labute approximate surface area is 155 Å². The van der Waals surface area contributed by atoms with Crippen LogP contribution in [0.1, 0.15) is 64.2 Å². The van der Waals surface area contributed by atoms with Gasteiger partial charge in [0.15, 0.2) is 0 Å². The Balaban J connectivity index is 1.67. The van der Waals surface area contributed by atoms with Crippen molar-refractivity contribution < 1.29 is 9.72 Å². The lowest BCUT2D eigenvalue weighted by Gasteiger charge is -2.37. The largest absolute Gasteiger partial charge is 0.322 e. The van der Waals surface area contributed by atoms with Crippen LogP contribution in [0, 0.1) is 16.0 Å². The number of carbonyl (C=O) groups is 1. The fraction of sp³-hybridized carbons (Fsp3) is 0.650. The highest BCUT2D eigenvalue weighted by atomic mass is 16.6.